The Bertz CT molecular complexity index is 429. The number of amides is 2. The summed E-state index contributed by atoms with van der Waals surface area (Å²) in [6.45, 7) is 7.05. The average Bonchev–Trinajstić information content (AvgIpc) is 2.69. The maximum Gasteiger partial charge on any atom is 0.306 e. The van der Waals surface area contributed by atoms with Crippen molar-refractivity contribution in [1.82, 2.24) is 9.80 Å². The quantitative estimate of drug-likeness (QED) is 0.810. The van der Waals surface area contributed by atoms with Gasteiger partial charge in [-0.25, -0.2) is 0 Å². The van der Waals surface area contributed by atoms with E-state index in [9.17, 15) is 14.4 Å². The predicted molar refractivity (Wildman–Crippen MR) is 71.8 cm³/mol. The third-order valence-electron chi connectivity index (χ3n) is 4.45. The van der Waals surface area contributed by atoms with E-state index in [2.05, 4.69) is 0 Å². The Morgan fingerprint density at radius 1 is 1.20 bits per heavy atom. The number of hydrogen-bond acceptors (Lipinski definition) is 3. The number of carbonyl (C=O) groups is 3. The first-order chi connectivity index (χ1) is 9.31. The van der Waals surface area contributed by atoms with Crippen molar-refractivity contribution < 1.29 is 19.5 Å². The van der Waals surface area contributed by atoms with Crippen LogP contribution in [0.3, 0.4) is 0 Å². The highest BCUT2D eigenvalue weighted by Crippen LogP contribution is 2.29. The number of rotatable bonds is 4. The SMILES string of the molecule is CC(C(=O)O)C1CN(C(=O)C2CC(=O)N(C(C)C)C2)C1. The molecule has 0 aromatic heterocycles. The molecule has 112 valence electrons. The van der Waals surface area contributed by atoms with E-state index in [-0.39, 0.29) is 36.1 Å². The number of likely N-dealkylation sites (tertiary alicyclic amines) is 2. The van der Waals surface area contributed by atoms with Crippen LogP contribution in [0.15, 0.2) is 0 Å². The van der Waals surface area contributed by atoms with Crippen LogP contribution in [0, 0.1) is 17.8 Å². The lowest BCUT2D eigenvalue weighted by atomic mass is 9.86. The molecule has 6 nitrogen and oxygen atoms in total. The van der Waals surface area contributed by atoms with Crippen LogP contribution in [0.5, 0.6) is 0 Å². The van der Waals surface area contributed by atoms with Gasteiger partial charge in [-0.15, -0.1) is 0 Å². The first-order valence-corrected chi connectivity index (χ1v) is 7.12. The Balaban J connectivity index is 1.86. The van der Waals surface area contributed by atoms with E-state index >= 15 is 0 Å². The average molecular weight is 282 g/mol. The standard InChI is InChI=1S/C14H22N2O4/c1-8(2)16-7-10(4-12(16)17)13(18)15-5-11(6-15)9(3)14(19)20/h8-11H,4-7H2,1-3H3,(H,19,20). The molecule has 2 rings (SSSR count). The van der Waals surface area contributed by atoms with Crippen molar-refractivity contribution in [2.75, 3.05) is 19.6 Å². The minimum atomic E-state index is -0.816. The highest BCUT2D eigenvalue weighted by Gasteiger charge is 2.43. The summed E-state index contributed by atoms with van der Waals surface area (Å²) in [5.74, 6) is -1.43. The highest BCUT2D eigenvalue weighted by atomic mass is 16.4. The van der Waals surface area contributed by atoms with Gasteiger partial charge in [-0.3, -0.25) is 14.4 Å². The van der Waals surface area contributed by atoms with Crippen LogP contribution >= 0.6 is 0 Å². The zero-order chi connectivity index (χ0) is 15.0. The van der Waals surface area contributed by atoms with Crippen LogP contribution in [0.4, 0.5) is 0 Å². The van der Waals surface area contributed by atoms with Crippen molar-refractivity contribution in [3.8, 4) is 0 Å². The molecule has 2 heterocycles. The van der Waals surface area contributed by atoms with Gasteiger partial charge in [0.1, 0.15) is 0 Å². The predicted octanol–water partition coefficient (Wildman–Crippen LogP) is 0.422. The van der Waals surface area contributed by atoms with Crippen molar-refractivity contribution in [3.05, 3.63) is 0 Å². The van der Waals surface area contributed by atoms with E-state index in [4.69, 9.17) is 5.11 Å². The monoisotopic (exact) mass is 282 g/mol. The number of hydrogen-bond donors (Lipinski definition) is 1. The van der Waals surface area contributed by atoms with Crippen LogP contribution < -0.4 is 0 Å². The van der Waals surface area contributed by atoms with Crippen LogP contribution in [0.2, 0.25) is 0 Å². The van der Waals surface area contributed by atoms with Crippen molar-refractivity contribution >= 4 is 17.8 Å². The molecule has 0 bridgehead atoms. The summed E-state index contributed by atoms with van der Waals surface area (Å²) in [5.41, 5.74) is 0. The maximum atomic E-state index is 12.3. The van der Waals surface area contributed by atoms with Gasteiger partial charge in [0.25, 0.3) is 0 Å². The molecular weight excluding hydrogens is 260 g/mol. The molecule has 1 N–H and O–H groups in total. The molecule has 0 aromatic rings. The third kappa shape index (κ3) is 2.64. The van der Waals surface area contributed by atoms with Gasteiger partial charge < -0.3 is 14.9 Å². The zero-order valence-electron chi connectivity index (χ0n) is 12.2. The van der Waals surface area contributed by atoms with E-state index < -0.39 is 11.9 Å². The molecule has 2 atom stereocenters. The van der Waals surface area contributed by atoms with E-state index in [1.54, 1.807) is 16.7 Å². The van der Waals surface area contributed by atoms with Gasteiger partial charge in [0.15, 0.2) is 0 Å². The van der Waals surface area contributed by atoms with Gasteiger partial charge in [-0.2, -0.15) is 0 Å². The highest BCUT2D eigenvalue weighted by molar-refractivity contribution is 5.89. The molecule has 2 unspecified atom stereocenters. The van der Waals surface area contributed by atoms with E-state index in [0.29, 0.717) is 19.6 Å². The Morgan fingerprint density at radius 2 is 1.80 bits per heavy atom. The van der Waals surface area contributed by atoms with Crippen LogP contribution in [0.25, 0.3) is 0 Å². The fourth-order valence-corrected chi connectivity index (χ4v) is 2.86. The molecule has 2 aliphatic rings. The van der Waals surface area contributed by atoms with Gasteiger partial charge in [0, 0.05) is 38.0 Å². The molecular formula is C14H22N2O4. The lowest BCUT2D eigenvalue weighted by Gasteiger charge is -2.42. The maximum absolute atomic E-state index is 12.3. The normalized spacial score (nSPS) is 25.0. The zero-order valence-corrected chi connectivity index (χ0v) is 12.2. The number of nitrogens with zero attached hydrogens (tertiary/aromatic N) is 2. The number of carboxylic acid groups (broad SMARTS) is 1. The minimum absolute atomic E-state index is 0.00432. The van der Waals surface area contributed by atoms with E-state index in [1.165, 1.54) is 0 Å². The van der Waals surface area contributed by atoms with Crippen LogP contribution in [-0.2, 0) is 14.4 Å². The van der Waals surface area contributed by atoms with E-state index in [1.807, 2.05) is 13.8 Å². The van der Waals surface area contributed by atoms with Crippen molar-refractivity contribution in [2.24, 2.45) is 17.8 Å². The molecule has 2 saturated heterocycles. The summed E-state index contributed by atoms with van der Waals surface area (Å²) in [4.78, 5) is 38.4. The molecule has 2 amide bonds. The Kier molecular flexibility index (Phi) is 4.01. The molecule has 0 aromatic carbocycles. The fourth-order valence-electron chi connectivity index (χ4n) is 2.86. The van der Waals surface area contributed by atoms with Gasteiger partial charge in [-0.1, -0.05) is 6.92 Å². The summed E-state index contributed by atoms with van der Waals surface area (Å²) in [6, 6.07) is 0.122. The topological polar surface area (TPSA) is 77.9 Å². The number of aliphatic carboxylic acids is 1. The Hall–Kier alpha value is -1.59. The van der Waals surface area contributed by atoms with Crippen LogP contribution in [0.1, 0.15) is 27.2 Å². The largest absolute Gasteiger partial charge is 0.481 e. The summed E-state index contributed by atoms with van der Waals surface area (Å²) < 4.78 is 0. The third-order valence-corrected chi connectivity index (χ3v) is 4.45. The van der Waals surface area contributed by atoms with Gasteiger partial charge in [0.05, 0.1) is 11.8 Å². The molecule has 6 heteroatoms. The molecule has 0 spiro atoms. The van der Waals surface area contributed by atoms with Crippen molar-refractivity contribution in [2.45, 2.75) is 33.2 Å². The van der Waals surface area contributed by atoms with Gasteiger partial charge >= 0.3 is 5.97 Å². The summed E-state index contributed by atoms with van der Waals surface area (Å²) in [5, 5.41) is 8.93. The minimum Gasteiger partial charge on any atom is -0.481 e. The smallest absolute Gasteiger partial charge is 0.306 e. The summed E-state index contributed by atoms with van der Waals surface area (Å²) >= 11 is 0. The summed E-state index contributed by atoms with van der Waals surface area (Å²) in [6.07, 6.45) is 0.284. The lowest BCUT2D eigenvalue weighted by molar-refractivity contribution is -0.152. The lowest BCUT2D eigenvalue weighted by Crippen LogP contribution is -2.55. The molecule has 0 radical (unpaired) electrons. The van der Waals surface area contributed by atoms with Gasteiger partial charge in [-0.05, 0) is 13.8 Å². The molecule has 2 aliphatic heterocycles. The molecule has 0 saturated carbocycles. The van der Waals surface area contributed by atoms with Gasteiger partial charge in [0.2, 0.25) is 11.8 Å². The number of carboxylic acids is 1. The fraction of sp³-hybridized carbons (Fsp3) is 0.786. The second-order valence-corrected chi connectivity index (χ2v) is 6.17. The Labute approximate surface area is 118 Å². The first-order valence-electron chi connectivity index (χ1n) is 7.12. The Morgan fingerprint density at radius 3 is 2.25 bits per heavy atom. The molecule has 0 aliphatic carbocycles. The second-order valence-electron chi connectivity index (χ2n) is 6.17. The molecule has 20 heavy (non-hydrogen) atoms. The second kappa shape index (κ2) is 5.42. The first kappa shape index (κ1) is 14.8. The molecule has 2 fully saturated rings. The summed E-state index contributed by atoms with van der Waals surface area (Å²) in [7, 11) is 0. The van der Waals surface area contributed by atoms with Crippen molar-refractivity contribution in [3.63, 3.8) is 0 Å². The number of carbonyl (C=O) groups excluding carboxylic acids is 2. The van der Waals surface area contributed by atoms with Crippen molar-refractivity contribution in [1.29, 1.82) is 0 Å². The van der Waals surface area contributed by atoms with E-state index in [0.717, 1.165) is 0 Å². The van der Waals surface area contributed by atoms with Crippen LogP contribution in [-0.4, -0.2) is 58.4 Å².